The number of carbonyl (C=O) groups excluding carboxylic acids is 1. The molecule has 1 aliphatic heterocycles. The molecule has 1 atom stereocenters. The van der Waals surface area contributed by atoms with E-state index >= 15 is 0 Å². The van der Waals surface area contributed by atoms with E-state index in [1.165, 1.54) is 0 Å². The van der Waals surface area contributed by atoms with Gasteiger partial charge in [0.1, 0.15) is 0 Å². The van der Waals surface area contributed by atoms with E-state index < -0.39 is 15.8 Å². The van der Waals surface area contributed by atoms with E-state index in [2.05, 4.69) is 15.9 Å². The van der Waals surface area contributed by atoms with Crippen molar-refractivity contribution in [3.8, 4) is 0 Å². The van der Waals surface area contributed by atoms with E-state index in [-0.39, 0.29) is 17.3 Å². The highest BCUT2D eigenvalue weighted by molar-refractivity contribution is 9.10. The fourth-order valence-corrected chi connectivity index (χ4v) is 4.42. The minimum atomic E-state index is -3.04. The van der Waals surface area contributed by atoms with Gasteiger partial charge in [0.15, 0.2) is 15.6 Å². The fraction of sp³-hybridized carbons (Fsp3) is 0.364. The van der Waals surface area contributed by atoms with Gasteiger partial charge in [0.05, 0.1) is 16.5 Å². The van der Waals surface area contributed by atoms with Crippen molar-refractivity contribution in [3.63, 3.8) is 0 Å². The molecule has 0 amide bonds. The average molecular weight is 338 g/mol. The van der Waals surface area contributed by atoms with Crippen molar-refractivity contribution in [3.05, 3.63) is 33.3 Å². The lowest BCUT2D eigenvalue weighted by Crippen LogP contribution is -2.16. The summed E-state index contributed by atoms with van der Waals surface area (Å²) in [6.07, 6.45) is 0.396. The van der Waals surface area contributed by atoms with E-state index in [9.17, 15) is 13.2 Å². The molecule has 0 spiro atoms. The highest BCUT2D eigenvalue weighted by Gasteiger charge is 2.34. The second-order valence-electron chi connectivity index (χ2n) is 4.09. The van der Waals surface area contributed by atoms with Crippen LogP contribution < -0.4 is 0 Å². The third-order valence-corrected chi connectivity index (χ3v) is 5.37. The number of ketones is 1. The normalized spacial score (nSPS) is 22.6. The van der Waals surface area contributed by atoms with Gasteiger partial charge >= 0.3 is 0 Å². The van der Waals surface area contributed by atoms with Crippen LogP contribution in [0.2, 0.25) is 5.02 Å². The van der Waals surface area contributed by atoms with Crippen LogP contribution >= 0.6 is 27.5 Å². The van der Waals surface area contributed by atoms with E-state index in [0.29, 0.717) is 17.0 Å². The van der Waals surface area contributed by atoms with Crippen molar-refractivity contribution < 1.29 is 13.2 Å². The minimum Gasteiger partial charge on any atom is -0.294 e. The molecule has 1 fully saturated rings. The van der Waals surface area contributed by atoms with Crippen LogP contribution in [-0.2, 0) is 9.84 Å². The maximum atomic E-state index is 12.1. The summed E-state index contributed by atoms with van der Waals surface area (Å²) < 4.78 is 23.4. The lowest BCUT2D eigenvalue weighted by molar-refractivity contribution is 0.0933. The van der Waals surface area contributed by atoms with Crippen LogP contribution in [0.5, 0.6) is 0 Å². The number of hydrogen-bond acceptors (Lipinski definition) is 3. The molecule has 6 heteroatoms. The van der Waals surface area contributed by atoms with E-state index in [1.807, 2.05) is 0 Å². The Hall–Kier alpha value is -0.390. The van der Waals surface area contributed by atoms with Gasteiger partial charge in [0.25, 0.3) is 0 Å². The first-order valence-corrected chi connectivity index (χ1v) is 8.08. The summed E-state index contributed by atoms with van der Waals surface area (Å²) in [5.41, 5.74) is 0.400. The van der Waals surface area contributed by atoms with Crippen molar-refractivity contribution in [2.75, 3.05) is 11.5 Å². The fourth-order valence-electron chi connectivity index (χ4n) is 1.91. The van der Waals surface area contributed by atoms with Gasteiger partial charge in [0, 0.05) is 16.0 Å². The Morgan fingerprint density at radius 1 is 1.41 bits per heavy atom. The molecule has 1 aromatic carbocycles. The molecule has 0 aliphatic carbocycles. The predicted octanol–water partition coefficient (Wildman–Crippen LogP) is 2.72. The zero-order chi connectivity index (χ0) is 12.6. The highest BCUT2D eigenvalue weighted by atomic mass is 79.9. The summed E-state index contributed by atoms with van der Waals surface area (Å²) >= 11 is 9.23. The monoisotopic (exact) mass is 336 g/mol. The van der Waals surface area contributed by atoms with Crippen LogP contribution in [0.4, 0.5) is 0 Å². The van der Waals surface area contributed by atoms with Crippen LogP contribution in [0.25, 0.3) is 0 Å². The lowest BCUT2D eigenvalue weighted by Gasteiger charge is -2.08. The van der Waals surface area contributed by atoms with E-state index in [0.717, 1.165) is 4.47 Å². The van der Waals surface area contributed by atoms with Crippen LogP contribution in [0.15, 0.2) is 22.7 Å². The van der Waals surface area contributed by atoms with Gasteiger partial charge in [-0.3, -0.25) is 4.79 Å². The Kier molecular flexibility index (Phi) is 3.61. The Morgan fingerprint density at radius 2 is 2.12 bits per heavy atom. The van der Waals surface area contributed by atoms with Crippen LogP contribution in [-0.4, -0.2) is 25.7 Å². The third kappa shape index (κ3) is 2.89. The smallest absolute Gasteiger partial charge is 0.168 e. The first-order valence-electron chi connectivity index (χ1n) is 5.09. The number of hydrogen-bond donors (Lipinski definition) is 0. The van der Waals surface area contributed by atoms with Crippen molar-refractivity contribution in [2.45, 2.75) is 6.42 Å². The summed E-state index contributed by atoms with van der Waals surface area (Å²) in [6.45, 7) is 0. The van der Waals surface area contributed by atoms with Gasteiger partial charge < -0.3 is 0 Å². The standard InChI is InChI=1S/C11H10BrClO3S/c12-8-1-2-9(10(13)5-8)11(14)7-3-4-17(15,16)6-7/h1-2,5,7H,3-4,6H2. The molecule has 0 bridgehead atoms. The first kappa shape index (κ1) is 13.1. The third-order valence-electron chi connectivity index (χ3n) is 2.80. The topological polar surface area (TPSA) is 51.2 Å². The number of sulfone groups is 1. The maximum Gasteiger partial charge on any atom is 0.168 e. The molecule has 2 rings (SSSR count). The summed E-state index contributed by atoms with van der Waals surface area (Å²) in [5.74, 6) is -0.585. The molecule has 0 N–H and O–H groups in total. The molecule has 1 heterocycles. The summed E-state index contributed by atoms with van der Waals surface area (Å²) in [6, 6.07) is 4.99. The van der Waals surface area contributed by atoms with Crippen molar-refractivity contribution in [1.82, 2.24) is 0 Å². The van der Waals surface area contributed by atoms with Gasteiger partial charge in [-0.15, -0.1) is 0 Å². The molecule has 0 radical (unpaired) electrons. The van der Waals surface area contributed by atoms with Gasteiger partial charge in [-0.05, 0) is 24.6 Å². The molecule has 0 saturated carbocycles. The Balaban J connectivity index is 2.27. The molecule has 1 unspecified atom stereocenters. The second-order valence-corrected chi connectivity index (χ2v) is 7.64. The van der Waals surface area contributed by atoms with Crippen LogP contribution in [0, 0.1) is 5.92 Å². The lowest BCUT2D eigenvalue weighted by atomic mass is 9.97. The Labute approximate surface area is 113 Å². The van der Waals surface area contributed by atoms with E-state index in [4.69, 9.17) is 11.6 Å². The molecule has 1 aromatic rings. The van der Waals surface area contributed by atoms with Gasteiger partial charge in [0.2, 0.25) is 0 Å². The Morgan fingerprint density at radius 3 is 2.65 bits per heavy atom. The molecule has 1 aliphatic rings. The van der Waals surface area contributed by atoms with Crippen LogP contribution in [0.3, 0.4) is 0 Å². The number of benzene rings is 1. The van der Waals surface area contributed by atoms with E-state index in [1.54, 1.807) is 18.2 Å². The summed E-state index contributed by atoms with van der Waals surface area (Å²) in [5, 5.41) is 0.355. The van der Waals surface area contributed by atoms with Crippen molar-refractivity contribution in [1.29, 1.82) is 0 Å². The SMILES string of the molecule is O=C(c1ccc(Br)cc1Cl)C1CCS(=O)(=O)C1. The summed E-state index contributed by atoms with van der Waals surface area (Å²) in [4.78, 5) is 12.1. The predicted molar refractivity (Wildman–Crippen MR) is 70.2 cm³/mol. The number of carbonyl (C=O) groups is 1. The zero-order valence-electron chi connectivity index (χ0n) is 8.82. The average Bonchev–Trinajstić information content (AvgIpc) is 2.58. The molecule has 1 saturated heterocycles. The molecule has 3 nitrogen and oxygen atoms in total. The molecule has 92 valence electrons. The molecule has 0 aromatic heterocycles. The maximum absolute atomic E-state index is 12.1. The van der Waals surface area contributed by atoms with Gasteiger partial charge in [-0.1, -0.05) is 27.5 Å². The minimum absolute atomic E-state index is 0.0573. The number of halogens is 2. The van der Waals surface area contributed by atoms with Crippen molar-refractivity contribution in [2.24, 2.45) is 5.92 Å². The largest absolute Gasteiger partial charge is 0.294 e. The number of rotatable bonds is 2. The highest BCUT2D eigenvalue weighted by Crippen LogP contribution is 2.28. The second kappa shape index (κ2) is 4.71. The number of Topliss-reactive ketones (excluding diaryl/α,β-unsaturated/α-hetero) is 1. The van der Waals surface area contributed by atoms with Gasteiger partial charge in [-0.25, -0.2) is 8.42 Å². The quantitative estimate of drug-likeness (QED) is 0.780. The van der Waals surface area contributed by atoms with Gasteiger partial charge in [-0.2, -0.15) is 0 Å². The van der Waals surface area contributed by atoms with Crippen molar-refractivity contribution >= 4 is 43.2 Å². The zero-order valence-corrected chi connectivity index (χ0v) is 12.0. The van der Waals surface area contributed by atoms with Crippen LogP contribution in [0.1, 0.15) is 16.8 Å². The molecular weight excluding hydrogens is 328 g/mol. The molecule has 17 heavy (non-hydrogen) atoms. The first-order chi connectivity index (χ1) is 7.89. The molecular formula is C11H10BrClO3S. The Bertz CT molecular complexity index is 568. The summed E-state index contributed by atoms with van der Waals surface area (Å²) in [7, 11) is -3.04.